The summed E-state index contributed by atoms with van der Waals surface area (Å²) in [6.07, 6.45) is 5.64. The molecule has 33 heavy (non-hydrogen) atoms. The number of likely N-dealkylation sites (tertiary alicyclic amines) is 1. The number of aromatic nitrogens is 3. The molecular weight excluding hydrogens is 438 g/mol. The Morgan fingerprint density at radius 1 is 1.18 bits per heavy atom. The van der Waals surface area contributed by atoms with Crippen molar-refractivity contribution in [3.05, 3.63) is 52.6 Å². The van der Waals surface area contributed by atoms with Crippen LogP contribution in [0.3, 0.4) is 0 Å². The number of rotatable bonds is 3. The van der Waals surface area contributed by atoms with Gasteiger partial charge in [-0.3, -0.25) is 4.79 Å². The Bertz CT molecular complexity index is 1230. The number of halogens is 1. The summed E-state index contributed by atoms with van der Waals surface area (Å²) in [6.45, 7) is 6.15. The van der Waals surface area contributed by atoms with E-state index in [4.69, 9.17) is 15.8 Å². The topological polar surface area (TPSA) is 79.8 Å². The maximum absolute atomic E-state index is 14.9. The molecule has 3 aromatic rings. The van der Waals surface area contributed by atoms with E-state index >= 15 is 0 Å². The van der Waals surface area contributed by atoms with Gasteiger partial charge in [0.15, 0.2) is 5.65 Å². The summed E-state index contributed by atoms with van der Waals surface area (Å²) in [6, 6.07) is 5.32. The molecule has 2 aromatic heterocycles. The predicted octanol–water partition coefficient (Wildman–Crippen LogP) is 2.89. The number of anilines is 1. The quantitative estimate of drug-likeness (QED) is 0.598. The van der Waals surface area contributed by atoms with Gasteiger partial charge >= 0.3 is 0 Å². The lowest BCUT2D eigenvalue weighted by Gasteiger charge is -2.35. The standard InChI is InChI=1S/C24H30FN6OP/c1-14-6-7-17(21(25)22(14)33)24(32)30-9-4-3-5-19(30)18-11-20-27-23(15(2)12-31(20)28-18)29-10-8-16(26)13-29/h6-7,11-12,16,19H,3-5,8-10,13,26,33H2,1-2H3/t16-,19-/m0/s1. The Morgan fingerprint density at radius 2 is 2.00 bits per heavy atom. The van der Waals surface area contributed by atoms with Crippen LogP contribution in [0.4, 0.5) is 10.2 Å². The summed E-state index contributed by atoms with van der Waals surface area (Å²) >= 11 is 0. The highest BCUT2D eigenvalue weighted by atomic mass is 31.0. The maximum atomic E-state index is 14.9. The number of carbonyl (C=O) groups excluding carboxylic acids is 1. The number of aryl methyl sites for hydroxylation is 2. The first kappa shape index (κ1) is 22.2. The van der Waals surface area contributed by atoms with Crippen molar-refractivity contribution in [1.29, 1.82) is 0 Å². The molecule has 2 aliphatic rings. The number of piperidine rings is 1. The monoisotopic (exact) mass is 468 g/mol. The molecule has 2 fully saturated rings. The van der Waals surface area contributed by atoms with Crippen LogP contribution in [-0.4, -0.2) is 51.1 Å². The molecule has 1 unspecified atom stereocenters. The molecule has 0 saturated carbocycles. The van der Waals surface area contributed by atoms with E-state index in [2.05, 4.69) is 14.1 Å². The first-order chi connectivity index (χ1) is 15.8. The molecule has 2 N–H and O–H groups in total. The average Bonchev–Trinajstić information content (AvgIpc) is 3.42. The van der Waals surface area contributed by atoms with Crippen LogP contribution in [0.25, 0.3) is 5.65 Å². The third-order valence-corrected chi connectivity index (χ3v) is 7.59. The molecular formula is C24H30FN6OP. The Labute approximate surface area is 195 Å². The number of amides is 1. The fourth-order valence-electron chi connectivity index (χ4n) is 4.97. The van der Waals surface area contributed by atoms with Crippen molar-refractivity contribution in [2.75, 3.05) is 24.5 Å². The number of nitrogens with zero attached hydrogens (tertiary/aromatic N) is 5. The number of hydrogen-bond donors (Lipinski definition) is 1. The third kappa shape index (κ3) is 4.00. The minimum absolute atomic E-state index is 0.114. The second kappa shape index (κ2) is 8.65. The summed E-state index contributed by atoms with van der Waals surface area (Å²) in [5.74, 6) is 0.192. The van der Waals surface area contributed by atoms with Gasteiger partial charge in [-0.25, -0.2) is 13.9 Å². The summed E-state index contributed by atoms with van der Waals surface area (Å²) in [7, 11) is 2.41. The van der Waals surface area contributed by atoms with Gasteiger partial charge in [-0.1, -0.05) is 6.07 Å². The number of hydrogen-bond acceptors (Lipinski definition) is 5. The number of carbonyl (C=O) groups is 1. The van der Waals surface area contributed by atoms with E-state index in [-0.39, 0.29) is 23.6 Å². The highest BCUT2D eigenvalue weighted by Gasteiger charge is 2.32. The van der Waals surface area contributed by atoms with Crippen LogP contribution < -0.4 is 15.9 Å². The Morgan fingerprint density at radius 3 is 2.76 bits per heavy atom. The summed E-state index contributed by atoms with van der Waals surface area (Å²) < 4.78 is 16.7. The first-order valence-electron chi connectivity index (χ1n) is 11.6. The van der Waals surface area contributed by atoms with Gasteiger partial charge in [0.2, 0.25) is 0 Å². The minimum atomic E-state index is -0.463. The van der Waals surface area contributed by atoms with Crippen molar-refractivity contribution < 1.29 is 9.18 Å². The summed E-state index contributed by atoms with van der Waals surface area (Å²) in [4.78, 5) is 22.3. The molecule has 4 heterocycles. The molecule has 1 aromatic carbocycles. The SMILES string of the molecule is Cc1cn2nc([C@@H]3CCCCN3C(=O)c3ccc(C)c(P)c3F)cc2nc1N1CC[C@H](N)C1. The van der Waals surface area contributed by atoms with E-state index in [1.165, 1.54) is 0 Å². The third-order valence-electron chi connectivity index (χ3n) is 6.88. The molecule has 2 aliphatic heterocycles. The van der Waals surface area contributed by atoms with E-state index in [1.807, 2.05) is 26.1 Å². The van der Waals surface area contributed by atoms with Gasteiger partial charge in [-0.2, -0.15) is 5.10 Å². The van der Waals surface area contributed by atoms with Crippen molar-refractivity contribution >= 4 is 31.9 Å². The first-order valence-corrected chi connectivity index (χ1v) is 12.1. The normalized spacial score (nSPS) is 21.2. The summed E-state index contributed by atoms with van der Waals surface area (Å²) in [5, 5.41) is 5.22. The molecule has 0 spiro atoms. The zero-order valence-electron chi connectivity index (χ0n) is 19.1. The zero-order chi connectivity index (χ0) is 23.3. The van der Waals surface area contributed by atoms with Crippen molar-refractivity contribution in [3.8, 4) is 0 Å². The average molecular weight is 469 g/mol. The van der Waals surface area contributed by atoms with E-state index in [0.717, 1.165) is 67.1 Å². The van der Waals surface area contributed by atoms with E-state index in [0.29, 0.717) is 11.8 Å². The van der Waals surface area contributed by atoms with Crippen molar-refractivity contribution in [1.82, 2.24) is 19.5 Å². The van der Waals surface area contributed by atoms with Gasteiger partial charge in [-0.05, 0) is 51.2 Å². The lowest BCUT2D eigenvalue weighted by molar-refractivity contribution is 0.0601. The van der Waals surface area contributed by atoms with Crippen LogP contribution in [0.2, 0.25) is 0 Å². The van der Waals surface area contributed by atoms with Crippen LogP contribution in [0.1, 0.15) is 58.9 Å². The van der Waals surface area contributed by atoms with Crippen molar-refractivity contribution in [2.45, 2.75) is 51.6 Å². The van der Waals surface area contributed by atoms with E-state index in [1.54, 1.807) is 21.5 Å². The predicted molar refractivity (Wildman–Crippen MR) is 131 cm³/mol. The molecule has 7 nitrogen and oxygen atoms in total. The van der Waals surface area contributed by atoms with Crippen LogP contribution in [-0.2, 0) is 0 Å². The fraction of sp³-hybridized carbons (Fsp3) is 0.458. The molecule has 1 amide bonds. The van der Waals surface area contributed by atoms with Crippen LogP contribution in [0.5, 0.6) is 0 Å². The van der Waals surface area contributed by atoms with Crippen LogP contribution in [0.15, 0.2) is 24.4 Å². The van der Waals surface area contributed by atoms with Crippen LogP contribution in [0, 0.1) is 19.7 Å². The largest absolute Gasteiger partial charge is 0.355 e. The molecule has 174 valence electrons. The smallest absolute Gasteiger partial charge is 0.257 e. The van der Waals surface area contributed by atoms with Crippen molar-refractivity contribution in [2.24, 2.45) is 5.73 Å². The Kier molecular flexibility index (Phi) is 5.83. The summed E-state index contributed by atoms with van der Waals surface area (Å²) in [5.41, 5.74) is 9.60. The highest BCUT2D eigenvalue weighted by molar-refractivity contribution is 7.27. The molecule has 5 rings (SSSR count). The van der Waals surface area contributed by atoms with Gasteiger partial charge in [0.25, 0.3) is 5.91 Å². The van der Waals surface area contributed by atoms with E-state index < -0.39 is 5.82 Å². The lowest BCUT2D eigenvalue weighted by atomic mass is 9.98. The molecule has 0 radical (unpaired) electrons. The highest BCUT2D eigenvalue weighted by Crippen LogP contribution is 2.33. The Balaban J connectivity index is 1.48. The maximum Gasteiger partial charge on any atom is 0.257 e. The van der Waals surface area contributed by atoms with Gasteiger partial charge < -0.3 is 15.5 Å². The van der Waals surface area contributed by atoms with Gasteiger partial charge in [0, 0.05) is 48.8 Å². The zero-order valence-corrected chi connectivity index (χ0v) is 20.2. The number of benzene rings is 1. The minimum Gasteiger partial charge on any atom is -0.355 e. The second-order valence-corrected chi connectivity index (χ2v) is 9.86. The van der Waals surface area contributed by atoms with Gasteiger partial charge in [-0.15, -0.1) is 9.24 Å². The molecule has 9 heteroatoms. The van der Waals surface area contributed by atoms with Crippen LogP contribution >= 0.6 is 9.24 Å². The Hall–Kier alpha value is -2.57. The van der Waals surface area contributed by atoms with E-state index in [9.17, 15) is 9.18 Å². The van der Waals surface area contributed by atoms with Gasteiger partial charge in [0.05, 0.1) is 17.3 Å². The number of nitrogens with two attached hydrogens (primary N) is 1. The molecule has 0 bridgehead atoms. The van der Waals surface area contributed by atoms with Crippen molar-refractivity contribution in [3.63, 3.8) is 0 Å². The lowest BCUT2D eigenvalue weighted by Crippen LogP contribution is -2.39. The molecule has 0 aliphatic carbocycles. The number of fused-ring (bicyclic) bond motifs is 1. The molecule has 2 saturated heterocycles. The second-order valence-electron chi connectivity index (χ2n) is 9.28. The molecule has 3 atom stereocenters. The fourth-order valence-corrected chi connectivity index (χ4v) is 5.23. The van der Waals surface area contributed by atoms with Gasteiger partial charge in [0.1, 0.15) is 11.6 Å².